The zero-order valence-electron chi connectivity index (χ0n) is 10.1. The molecule has 0 aliphatic carbocycles. The van der Waals surface area contributed by atoms with Crippen LogP contribution in [0.15, 0.2) is 30.4 Å². The molecular weight excluding hydrogens is 200 g/mol. The highest BCUT2D eigenvalue weighted by molar-refractivity contribution is 5.91. The minimum Gasteiger partial charge on any atom is -0.496 e. The first-order chi connectivity index (χ1) is 7.71. The zero-order valence-corrected chi connectivity index (χ0v) is 10.1. The molecule has 1 rings (SSSR count). The highest BCUT2D eigenvalue weighted by Crippen LogP contribution is 2.21. The summed E-state index contributed by atoms with van der Waals surface area (Å²) in [6, 6.07) is 5.96. The second kappa shape index (κ2) is 6.11. The number of carbonyl (C=O) groups excluding carboxylic acids is 1. The molecule has 0 aromatic heterocycles. The second-order valence-corrected chi connectivity index (χ2v) is 3.64. The van der Waals surface area contributed by atoms with Crippen molar-refractivity contribution in [2.45, 2.75) is 26.7 Å². The van der Waals surface area contributed by atoms with Crippen molar-refractivity contribution in [3.63, 3.8) is 0 Å². The molecule has 0 unspecified atom stereocenters. The van der Waals surface area contributed by atoms with E-state index in [4.69, 9.17) is 4.74 Å². The van der Waals surface area contributed by atoms with E-state index < -0.39 is 0 Å². The molecule has 0 heterocycles. The number of ether oxygens (including phenoxy) is 1. The Hall–Kier alpha value is -1.57. The molecule has 0 radical (unpaired) electrons. The Bertz CT molecular complexity index is 392. The van der Waals surface area contributed by atoms with Crippen LogP contribution in [0.5, 0.6) is 5.75 Å². The van der Waals surface area contributed by atoms with Gasteiger partial charge in [-0.25, -0.2) is 0 Å². The number of rotatable bonds is 5. The quantitative estimate of drug-likeness (QED) is 0.710. The van der Waals surface area contributed by atoms with Crippen LogP contribution in [0.2, 0.25) is 0 Å². The first-order valence-corrected chi connectivity index (χ1v) is 5.52. The van der Waals surface area contributed by atoms with Crippen LogP contribution in [0.25, 0.3) is 0 Å². The van der Waals surface area contributed by atoms with Crippen LogP contribution < -0.4 is 4.74 Å². The molecule has 16 heavy (non-hydrogen) atoms. The lowest BCUT2D eigenvalue weighted by molar-refractivity contribution is -0.114. The number of ketones is 1. The summed E-state index contributed by atoms with van der Waals surface area (Å²) in [7, 11) is 1.66. The van der Waals surface area contributed by atoms with Gasteiger partial charge in [-0.2, -0.15) is 0 Å². The average molecular weight is 218 g/mol. The number of benzene rings is 1. The van der Waals surface area contributed by atoms with Crippen molar-refractivity contribution in [2.75, 3.05) is 7.11 Å². The molecule has 2 nitrogen and oxygen atoms in total. The van der Waals surface area contributed by atoms with Gasteiger partial charge in [-0.05, 0) is 36.6 Å². The van der Waals surface area contributed by atoms with E-state index in [1.165, 1.54) is 5.56 Å². The van der Waals surface area contributed by atoms with Crippen molar-refractivity contribution in [3.8, 4) is 5.75 Å². The van der Waals surface area contributed by atoms with Crippen LogP contribution in [0, 0.1) is 0 Å². The van der Waals surface area contributed by atoms with E-state index in [9.17, 15) is 4.79 Å². The maximum atomic E-state index is 11.4. The minimum atomic E-state index is 0.119. The molecule has 0 amide bonds. The monoisotopic (exact) mass is 218 g/mol. The fourth-order valence-corrected chi connectivity index (χ4v) is 1.64. The van der Waals surface area contributed by atoms with E-state index in [0.717, 1.165) is 17.7 Å². The third kappa shape index (κ3) is 3.23. The third-order valence-electron chi connectivity index (χ3n) is 2.46. The van der Waals surface area contributed by atoms with Gasteiger partial charge in [-0.1, -0.05) is 25.1 Å². The van der Waals surface area contributed by atoms with E-state index in [1.807, 2.05) is 25.1 Å². The Morgan fingerprint density at radius 2 is 2.19 bits per heavy atom. The van der Waals surface area contributed by atoms with Crippen molar-refractivity contribution in [1.82, 2.24) is 0 Å². The van der Waals surface area contributed by atoms with Gasteiger partial charge in [0.1, 0.15) is 5.75 Å². The van der Waals surface area contributed by atoms with Crippen molar-refractivity contribution in [1.29, 1.82) is 0 Å². The van der Waals surface area contributed by atoms with Crippen LogP contribution in [0.3, 0.4) is 0 Å². The Kier molecular flexibility index (Phi) is 4.77. The summed E-state index contributed by atoms with van der Waals surface area (Å²) < 4.78 is 5.29. The number of aryl methyl sites for hydroxylation is 1. The van der Waals surface area contributed by atoms with Gasteiger partial charge in [0.25, 0.3) is 0 Å². The number of carbonyl (C=O) groups is 1. The van der Waals surface area contributed by atoms with Gasteiger partial charge >= 0.3 is 0 Å². The molecule has 0 atom stereocenters. The van der Waals surface area contributed by atoms with Crippen LogP contribution in [0.1, 0.15) is 25.0 Å². The molecule has 0 bridgehead atoms. The first kappa shape index (κ1) is 12.5. The smallest absolute Gasteiger partial charge is 0.159 e. The number of hydrogen-bond donors (Lipinski definition) is 0. The highest BCUT2D eigenvalue weighted by Gasteiger charge is 2.05. The topological polar surface area (TPSA) is 26.3 Å². The number of methoxy groups -OCH3 is 1. The summed E-state index contributed by atoms with van der Waals surface area (Å²) in [5, 5.41) is 0. The predicted octanol–water partition coefficient (Wildman–Crippen LogP) is 2.95. The lowest BCUT2D eigenvalue weighted by Crippen LogP contribution is -2.00. The van der Waals surface area contributed by atoms with E-state index in [2.05, 4.69) is 6.92 Å². The Labute approximate surface area is 96.9 Å². The molecule has 0 fully saturated rings. The van der Waals surface area contributed by atoms with E-state index in [-0.39, 0.29) is 5.78 Å². The van der Waals surface area contributed by atoms with Gasteiger partial charge in [0.2, 0.25) is 0 Å². The average Bonchev–Trinajstić information content (AvgIpc) is 2.29. The van der Waals surface area contributed by atoms with Crippen molar-refractivity contribution >= 4 is 5.78 Å². The number of hydrogen-bond acceptors (Lipinski definition) is 2. The van der Waals surface area contributed by atoms with Crippen LogP contribution >= 0.6 is 0 Å². The van der Waals surface area contributed by atoms with E-state index in [1.54, 1.807) is 19.3 Å². The van der Waals surface area contributed by atoms with Gasteiger partial charge in [0.15, 0.2) is 5.78 Å². The lowest BCUT2D eigenvalue weighted by Gasteiger charge is -2.08. The summed E-state index contributed by atoms with van der Waals surface area (Å²) in [6.07, 6.45) is 4.73. The third-order valence-corrected chi connectivity index (χ3v) is 2.46. The largest absolute Gasteiger partial charge is 0.496 e. The molecular formula is C14H18O2. The zero-order chi connectivity index (χ0) is 12.0. The Morgan fingerprint density at radius 3 is 2.75 bits per heavy atom. The first-order valence-electron chi connectivity index (χ1n) is 5.52. The molecule has 2 heteroatoms. The SMILES string of the molecule is CC=CC(=O)Cc1ccc(CC)c(OC)c1. The lowest BCUT2D eigenvalue weighted by atomic mass is 10.0. The fraction of sp³-hybridized carbons (Fsp3) is 0.357. The second-order valence-electron chi connectivity index (χ2n) is 3.64. The molecule has 0 aliphatic rings. The summed E-state index contributed by atoms with van der Waals surface area (Å²) in [5.41, 5.74) is 2.17. The molecule has 0 saturated heterocycles. The van der Waals surface area contributed by atoms with E-state index in [0.29, 0.717) is 6.42 Å². The van der Waals surface area contributed by atoms with Crippen molar-refractivity contribution in [3.05, 3.63) is 41.5 Å². The van der Waals surface area contributed by atoms with Gasteiger partial charge in [-0.3, -0.25) is 4.79 Å². The maximum Gasteiger partial charge on any atom is 0.159 e. The van der Waals surface area contributed by atoms with Crippen LogP contribution in [-0.4, -0.2) is 12.9 Å². The van der Waals surface area contributed by atoms with E-state index >= 15 is 0 Å². The molecule has 0 N–H and O–H groups in total. The van der Waals surface area contributed by atoms with Crippen LogP contribution in [-0.2, 0) is 17.6 Å². The summed E-state index contributed by atoms with van der Waals surface area (Å²) in [4.78, 5) is 11.4. The Morgan fingerprint density at radius 1 is 1.44 bits per heavy atom. The molecule has 86 valence electrons. The molecule has 0 aliphatic heterocycles. The number of allylic oxidation sites excluding steroid dienone is 2. The summed E-state index contributed by atoms with van der Waals surface area (Å²) >= 11 is 0. The summed E-state index contributed by atoms with van der Waals surface area (Å²) in [5.74, 6) is 0.988. The molecule has 0 spiro atoms. The predicted molar refractivity (Wildman–Crippen MR) is 65.9 cm³/mol. The van der Waals surface area contributed by atoms with Crippen molar-refractivity contribution < 1.29 is 9.53 Å². The highest BCUT2D eigenvalue weighted by atomic mass is 16.5. The summed E-state index contributed by atoms with van der Waals surface area (Å²) in [6.45, 7) is 3.93. The normalized spacial score (nSPS) is 10.7. The van der Waals surface area contributed by atoms with Crippen LogP contribution in [0.4, 0.5) is 0 Å². The Balaban J connectivity index is 2.86. The fourth-order valence-electron chi connectivity index (χ4n) is 1.64. The standard InChI is InChI=1S/C14H18O2/c1-4-6-13(15)9-11-7-8-12(5-2)14(10-11)16-3/h4,6-8,10H,5,9H2,1-3H3. The van der Waals surface area contributed by atoms with Gasteiger partial charge in [-0.15, -0.1) is 0 Å². The maximum absolute atomic E-state index is 11.4. The molecule has 1 aromatic carbocycles. The van der Waals surface area contributed by atoms with Gasteiger partial charge < -0.3 is 4.74 Å². The van der Waals surface area contributed by atoms with Gasteiger partial charge in [0, 0.05) is 6.42 Å². The molecule has 0 saturated carbocycles. The minimum absolute atomic E-state index is 0.119. The van der Waals surface area contributed by atoms with Gasteiger partial charge in [0.05, 0.1) is 7.11 Å². The molecule has 1 aromatic rings. The van der Waals surface area contributed by atoms with Crippen molar-refractivity contribution in [2.24, 2.45) is 0 Å².